The number of anilines is 1. The van der Waals surface area contributed by atoms with Gasteiger partial charge < -0.3 is 20.6 Å². The van der Waals surface area contributed by atoms with Crippen molar-refractivity contribution in [2.45, 2.75) is 51.9 Å². The predicted octanol–water partition coefficient (Wildman–Crippen LogP) is 2.85. The number of rotatable bonds is 7. The van der Waals surface area contributed by atoms with E-state index in [1.165, 1.54) is 17.5 Å². The number of nitrogens with zero attached hydrogens (tertiary/aromatic N) is 4. The summed E-state index contributed by atoms with van der Waals surface area (Å²) in [6.07, 6.45) is 1.24. The largest absolute Gasteiger partial charge is 0.391 e. The van der Waals surface area contributed by atoms with Crippen LogP contribution in [-0.4, -0.2) is 62.6 Å². The Morgan fingerprint density at radius 3 is 2.58 bits per heavy atom. The number of aliphatic hydroxyl groups excluding tert-OH is 1. The van der Waals surface area contributed by atoms with Gasteiger partial charge in [0, 0.05) is 37.8 Å². The maximum Gasteiger partial charge on any atom is 0.248 e. The first-order chi connectivity index (χ1) is 17.2. The van der Waals surface area contributed by atoms with E-state index in [2.05, 4.69) is 33.1 Å². The third-order valence-corrected chi connectivity index (χ3v) is 6.44. The average Bonchev–Trinajstić information content (AvgIpc) is 3.49. The van der Waals surface area contributed by atoms with Gasteiger partial charge in [0.2, 0.25) is 11.8 Å². The van der Waals surface area contributed by atoms with E-state index in [1.807, 2.05) is 63.2 Å². The lowest BCUT2D eigenvalue weighted by molar-refractivity contribution is -0.144. The summed E-state index contributed by atoms with van der Waals surface area (Å²) < 4.78 is 1.58. The quantitative estimate of drug-likeness (QED) is 0.470. The third-order valence-electron chi connectivity index (χ3n) is 6.44. The summed E-state index contributed by atoms with van der Waals surface area (Å²) in [5.74, 6) is -0.547. The number of likely N-dealkylation sites (tertiary alicyclic amines) is 1. The van der Waals surface area contributed by atoms with E-state index in [4.69, 9.17) is 0 Å². The summed E-state index contributed by atoms with van der Waals surface area (Å²) in [5.41, 5.74) is 3.14. The van der Waals surface area contributed by atoms with E-state index in [0.29, 0.717) is 12.2 Å². The van der Waals surface area contributed by atoms with Gasteiger partial charge in [-0.3, -0.25) is 9.59 Å². The summed E-state index contributed by atoms with van der Waals surface area (Å²) in [7, 11) is 1.53. The van der Waals surface area contributed by atoms with Crippen molar-refractivity contribution < 1.29 is 14.7 Å². The van der Waals surface area contributed by atoms with Crippen molar-refractivity contribution in [2.75, 3.05) is 18.9 Å². The first kappa shape index (κ1) is 25.4. The standard InChI is InChI=1S/C27H34N6O3/c1-27(2,3)24(26(36)32-16-21(34)14-23(32)25(35)28-4)33-17-22(30-31-33)19-11-8-12-20(13-19)29-15-18-9-6-5-7-10-18/h5-13,17,21,23-24,29,34H,14-16H2,1-4H3,(H,28,35)/t21?,23-,24?/m1/s1. The number of benzene rings is 2. The molecule has 0 saturated carbocycles. The molecule has 1 aliphatic rings. The van der Waals surface area contributed by atoms with Gasteiger partial charge in [0.1, 0.15) is 17.8 Å². The van der Waals surface area contributed by atoms with E-state index in [0.717, 1.165) is 11.3 Å². The van der Waals surface area contributed by atoms with Crippen molar-refractivity contribution in [1.82, 2.24) is 25.2 Å². The number of hydrogen-bond donors (Lipinski definition) is 3. The Morgan fingerprint density at radius 2 is 1.89 bits per heavy atom. The van der Waals surface area contributed by atoms with Crippen molar-refractivity contribution in [3.8, 4) is 11.3 Å². The molecule has 0 radical (unpaired) electrons. The summed E-state index contributed by atoms with van der Waals surface area (Å²) >= 11 is 0. The van der Waals surface area contributed by atoms with Crippen LogP contribution in [0.1, 0.15) is 38.8 Å². The summed E-state index contributed by atoms with van der Waals surface area (Å²) in [4.78, 5) is 27.6. The lowest BCUT2D eigenvalue weighted by atomic mass is 9.85. The number of carbonyl (C=O) groups is 2. The molecule has 3 aromatic rings. The van der Waals surface area contributed by atoms with Gasteiger partial charge in [-0.15, -0.1) is 5.10 Å². The van der Waals surface area contributed by atoms with Crippen LogP contribution in [0.3, 0.4) is 0 Å². The number of hydrogen-bond acceptors (Lipinski definition) is 6. The Bertz CT molecular complexity index is 1200. The topological polar surface area (TPSA) is 112 Å². The van der Waals surface area contributed by atoms with E-state index >= 15 is 0 Å². The van der Waals surface area contributed by atoms with Crippen molar-refractivity contribution in [3.05, 3.63) is 66.4 Å². The van der Waals surface area contributed by atoms with Crippen LogP contribution < -0.4 is 10.6 Å². The maximum atomic E-state index is 13.7. The smallest absolute Gasteiger partial charge is 0.248 e. The molecule has 36 heavy (non-hydrogen) atoms. The minimum absolute atomic E-state index is 0.111. The zero-order valence-electron chi connectivity index (χ0n) is 21.2. The molecule has 1 saturated heterocycles. The fourth-order valence-electron chi connectivity index (χ4n) is 4.63. The highest BCUT2D eigenvalue weighted by molar-refractivity contribution is 5.90. The van der Waals surface area contributed by atoms with Crippen LogP contribution in [0.2, 0.25) is 0 Å². The van der Waals surface area contributed by atoms with Crippen molar-refractivity contribution in [3.63, 3.8) is 0 Å². The second-order valence-corrected chi connectivity index (χ2v) is 10.3. The minimum Gasteiger partial charge on any atom is -0.391 e. The minimum atomic E-state index is -0.741. The summed E-state index contributed by atoms with van der Waals surface area (Å²) in [5, 5.41) is 24.9. The molecule has 0 bridgehead atoms. The lowest BCUT2D eigenvalue weighted by Gasteiger charge is -2.34. The molecule has 3 N–H and O–H groups in total. The zero-order valence-corrected chi connectivity index (χ0v) is 21.2. The number of aromatic nitrogens is 3. The molecule has 4 rings (SSSR count). The van der Waals surface area contributed by atoms with E-state index in [9.17, 15) is 14.7 Å². The first-order valence-corrected chi connectivity index (χ1v) is 12.2. The molecule has 2 aromatic carbocycles. The number of nitrogens with one attached hydrogen (secondary N) is 2. The van der Waals surface area contributed by atoms with Crippen molar-refractivity contribution in [2.24, 2.45) is 5.41 Å². The highest BCUT2D eigenvalue weighted by Gasteiger charge is 2.45. The second-order valence-electron chi connectivity index (χ2n) is 10.3. The average molecular weight is 491 g/mol. The van der Waals surface area contributed by atoms with Crippen molar-refractivity contribution in [1.29, 1.82) is 0 Å². The highest BCUT2D eigenvalue weighted by Crippen LogP contribution is 2.35. The molecular formula is C27H34N6O3. The first-order valence-electron chi connectivity index (χ1n) is 12.2. The molecule has 2 heterocycles. The normalized spacial score (nSPS) is 18.6. The molecule has 9 heteroatoms. The lowest BCUT2D eigenvalue weighted by Crippen LogP contribution is -2.49. The van der Waals surface area contributed by atoms with Gasteiger partial charge >= 0.3 is 0 Å². The molecule has 2 amide bonds. The Morgan fingerprint density at radius 1 is 1.14 bits per heavy atom. The molecule has 0 spiro atoms. The molecule has 9 nitrogen and oxygen atoms in total. The van der Waals surface area contributed by atoms with Crippen LogP contribution in [0.15, 0.2) is 60.8 Å². The number of carbonyl (C=O) groups excluding carboxylic acids is 2. The van der Waals surface area contributed by atoms with Gasteiger partial charge in [0.25, 0.3) is 0 Å². The van der Waals surface area contributed by atoms with Gasteiger partial charge in [0.15, 0.2) is 0 Å². The molecular weight excluding hydrogens is 456 g/mol. The number of aliphatic hydroxyl groups is 1. The van der Waals surface area contributed by atoms with Crippen molar-refractivity contribution >= 4 is 17.5 Å². The molecule has 1 aliphatic heterocycles. The molecule has 3 atom stereocenters. The Balaban J connectivity index is 1.57. The van der Waals surface area contributed by atoms with Gasteiger partial charge in [-0.25, -0.2) is 4.68 Å². The molecule has 1 fully saturated rings. The van der Waals surface area contributed by atoms with Gasteiger partial charge in [-0.1, -0.05) is 68.4 Å². The van der Waals surface area contributed by atoms with Crippen LogP contribution in [0, 0.1) is 5.41 Å². The highest BCUT2D eigenvalue weighted by atomic mass is 16.3. The molecule has 190 valence electrons. The van der Waals surface area contributed by atoms with Crippen LogP contribution in [0.5, 0.6) is 0 Å². The van der Waals surface area contributed by atoms with Crippen LogP contribution in [0.4, 0.5) is 5.69 Å². The van der Waals surface area contributed by atoms with Crippen LogP contribution in [-0.2, 0) is 16.1 Å². The fourth-order valence-corrected chi connectivity index (χ4v) is 4.63. The Hall–Kier alpha value is -3.72. The SMILES string of the molecule is CNC(=O)[C@H]1CC(O)CN1C(=O)C(n1cc(-c2cccc(NCc3ccccc3)c2)nn1)C(C)(C)C. The van der Waals surface area contributed by atoms with Gasteiger partial charge in [-0.2, -0.15) is 0 Å². The summed E-state index contributed by atoms with van der Waals surface area (Å²) in [6.45, 7) is 6.66. The van der Waals surface area contributed by atoms with E-state index in [1.54, 1.807) is 10.9 Å². The van der Waals surface area contributed by atoms with Crippen LogP contribution >= 0.6 is 0 Å². The number of amides is 2. The second kappa shape index (κ2) is 10.5. The Kier molecular flexibility index (Phi) is 7.40. The van der Waals surface area contributed by atoms with Gasteiger partial charge in [-0.05, 0) is 23.1 Å². The zero-order chi connectivity index (χ0) is 25.9. The summed E-state index contributed by atoms with van der Waals surface area (Å²) in [6, 6.07) is 16.7. The number of β-amino-alcohol motifs (C(OH)–C–C–N with tert-alkyl or cyclic N) is 1. The Labute approximate surface area is 211 Å². The predicted molar refractivity (Wildman–Crippen MR) is 138 cm³/mol. The van der Waals surface area contributed by atoms with Gasteiger partial charge in [0.05, 0.1) is 12.3 Å². The monoisotopic (exact) mass is 490 g/mol. The van der Waals surface area contributed by atoms with Crippen LogP contribution in [0.25, 0.3) is 11.3 Å². The van der Waals surface area contributed by atoms with E-state index in [-0.39, 0.29) is 24.8 Å². The molecule has 2 unspecified atom stereocenters. The molecule has 1 aromatic heterocycles. The van der Waals surface area contributed by atoms with E-state index < -0.39 is 23.6 Å². The number of likely N-dealkylation sites (N-methyl/N-ethyl adjacent to an activating group) is 1. The maximum absolute atomic E-state index is 13.7. The molecule has 0 aliphatic carbocycles. The fraction of sp³-hybridized carbons (Fsp3) is 0.407. The third kappa shape index (κ3) is 5.57.